The van der Waals surface area contributed by atoms with Crippen molar-refractivity contribution < 1.29 is 47.0 Å². The summed E-state index contributed by atoms with van der Waals surface area (Å²) in [5, 5.41) is 25.1. The van der Waals surface area contributed by atoms with Crippen molar-refractivity contribution in [1.82, 2.24) is 21.3 Å². The molecule has 2 aliphatic heterocycles. The normalized spacial score (nSPS) is 19.9. The first-order valence-electron chi connectivity index (χ1n) is 19.2. The molecule has 2 heterocycles. The molecular formula is C45H42F3N5O7. The summed E-state index contributed by atoms with van der Waals surface area (Å²) >= 11 is 0. The second kappa shape index (κ2) is 19.1. The number of carbonyl (C=O) groups excluding carboxylic acids is 5. The van der Waals surface area contributed by atoms with E-state index in [9.17, 15) is 47.0 Å². The molecule has 0 saturated carbocycles. The van der Waals surface area contributed by atoms with E-state index in [0.29, 0.717) is 22.4 Å². The summed E-state index contributed by atoms with van der Waals surface area (Å²) in [5.41, 5.74) is 1.44. The predicted molar refractivity (Wildman–Crippen MR) is 216 cm³/mol. The van der Waals surface area contributed by atoms with Gasteiger partial charge >= 0.3 is 12.1 Å². The molecule has 5 amide bonds. The van der Waals surface area contributed by atoms with Crippen molar-refractivity contribution >= 4 is 52.0 Å². The Kier molecular flexibility index (Phi) is 13.6. The van der Waals surface area contributed by atoms with Crippen LogP contribution < -0.4 is 26.6 Å². The van der Waals surface area contributed by atoms with Crippen LogP contribution in [0, 0.1) is 0 Å². The van der Waals surface area contributed by atoms with Gasteiger partial charge in [-0.15, -0.1) is 0 Å². The van der Waals surface area contributed by atoms with E-state index in [0.717, 1.165) is 22.9 Å². The summed E-state index contributed by atoms with van der Waals surface area (Å²) in [4.78, 5) is 81.2. The number of benzene rings is 5. The minimum absolute atomic E-state index is 0.0504. The lowest BCUT2D eigenvalue weighted by Crippen LogP contribution is -2.59. The lowest BCUT2D eigenvalue weighted by atomic mass is 9.99. The number of anilines is 1. The monoisotopic (exact) mass is 821 g/mol. The number of aliphatic carboxylic acids is 1. The van der Waals surface area contributed by atoms with Crippen LogP contribution in [-0.2, 0) is 60.6 Å². The van der Waals surface area contributed by atoms with E-state index in [1.807, 2.05) is 36.4 Å². The molecule has 0 saturated heterocycles. The quantitative estimate of drug-likeness (QED) is 0.127. The third-order valence-corrected chi connectivity index (χ3v) is 10.0. The second-order valence-electron chi connectivity index (χ2n) is 14.6. The van der Waals surface area contributed by atoms with Gasteiger partial charge in [-0.05, 0) is 57.3 Å². The standard InChI is InChI=1S/C45H42F3N5O7/c46-45(47,48)33-16-11-28(12-17-33)24-37-42(57)52-36(23-27-6-2-1-3-7-27)43(58)53-38(44(59)60)25-29-13-18-34(19-14-29)49-39(54)20-21-40(55)50-35(41(56)51-37)26-30-10-15-31-8-4-5-9-32(31)22-30/h1-19,22,35-38H,20-21,23-26H2,(H,49,54)(H,50,55)(H,51,56)(H,52,57)(H,53,58)(H,59,60)/t35-,36-,37+,38+/m1/s1. The number of alkyl halides is 3. The van der Waals surface area contributed by atoms with Crippen LogP contribution in [0.25, 0.3) is 10.8 Å². The number of rotatable bonds is 7. The summed E-state index contributed by atoms with van der Waals surface area (Å²) in [6, 6.07) is 26.2. The third kappa shape index (κ3) is 11.8. The molecule has 310 valence electrons. The molecule has 2 aliphatic rings. The fourth-order valence-electron chi connectivity index (χ4n) is 6.84. The molecule has 12 nitrogen and oxygen atoms in total. The first-order chi connectivity index (χ1) is 28.7. The lowest BCUT2D eigenvalue weighted by Gasteiger charge is -2.26. The fourth-order valence-corrected chi connectivity index (χ4v) is 6.84. The Hall–Kier alpha value is -7.03. The maximum absolute atomic E-state index is 14.3. The SMILES string of the molecule is O=C1CCC(=O)N[C@H](Cc2ccc3ccccc3c2)C(=O)N[C@@H](Cc2ccc(C(F)(F)F)cc2)C(=O)N[C@H](Cc2ccccc2)C(=O)N[C@H](C(=O)O)Cc2ccc(cc2)N1. The van der Waals surface area contributed by atoms with Gasteiger partial charge in [-0.25, -0.2) is 4.79 Å². The van der Waals surface area contributed by atoms with E-state index >= 15 is 0 Å². The van der Waals surface area contributed by atoms with Gasteiger partial charge in [0.25, 0.3) is 0 Å². The van der Waals surface area contributed by atoms with Gasteiger partial charge in [-0.3, -0.25) is 24.0 Å². The van der Waals surface area contributed by atoms with Gasteiger partial charge in [-0.1, -0.05) is 97.1 Å². The number of halogens is 3. The number of carboxylic acid groups (broad SMARTS) is 1. The van der Waals surface area contributed by atoms with Gasteiger partial charge in [0.1, 0.15) is 24.2 Å². The van der Waals surface area contributed by atoms with Gasteiger partial charge in [0.05, 0.1) is 5.56 Å². The topological polar surface area (TPSA) is 183 Å². The third-order valence-electron chi connectivity index (χ3n) is 10.0. The van der Waals surface area contributed by atoms with Crippen LogP contribution in [0.15, 0.2) is 121 Å². The van der Waals surface area contributed by atoms with Gasteiger partial charge in [-0.2, -0.15) is 13.2 Å². The van der Waals surface area contributed by atoms with Gasteiger partial charge in [0.2, 0.25) is 29.5 Å². The van der Waals surface area contributed by atoms with Gasteiger partial charge in [0, 0.05) is 44.2 Å². The van der Waals surface area contributed by atoms with E-state index in [1.54, 1.807) is 60.7 Å². The fraction of sp³-hybridized carbons (Fsp3) is 0.244. The zero-order valence-electron chi connectivity index (χ0n) is 32.1. The van der Waals surface area contributed by atoms with E-state index in [1.165, 1.54) is 12.1 Å². The molecular weight excluding hydrogens is 780 g/mol. The molecule has 0 fully saturated rings. The average Bonchev–Trinajstić information content (AvgIpc) is 3.22. The number of hydrogen-bond donors (Lipinski definition) is 6. The highest BCUT2D eigenvalue weighted by Crippen LogP contribution is 2.29. The number of carbonyl (C=O) groups is 6. The van der Waals surface area contributed by atoms with E-state index < -0.39 is 71.4 Å². The summed E-state index contributed by atoms with van der Waals surface area (Å²) < 4.78 is 40.4. The average molecular weight is 822 g/mol. The van der Waals surface area contributed by atoms with Crippen LogP contribution in [0.3, 0.4) is 0 Å². The minimum atomic E-state index is -4.63. The van der Waals surface area contributed by atoms with Gasteiger partial charge < -0.3 is 31.7 Å². The Balaban J connectivity index is 1.37. The second-order valence-corrected chi connectivity index (χ2v) is 14.6. The van der Waals surface area contributed by atoms with Crippen molar-refractivity contribution in [2.45, 2.75) is 68.9 Å². The molecule has 6 N–H and O–H groups in total. The highest BCUT2D eigenvalue weighted by atomic mass is 19.4. The van der Waals surface area contributed by atoms with Crippen LogP contribution >= 0.6 is 0 Å². The van der Waals surface area contributed by atoms with E-state index in [-0.39, 0.29) is 44.1 Å². The van der Waals surface area contributed by atoms with E-state index in [2.05, 4.69) is 26.6 Å². The largest absolute Gasteiger partial charge is 0.480 e. The summed E-state index contributed by atoms with van der Waals surface area (Å²) in [6.45, 7) is 0. The highest BCUT2D eigenvalue weighted by molar-refractivity contribution is 5.97. The Morgan fingerprint density at radius 3 is 1.70 bits per heavy atom. The summed E-state index contributed by atoms with van der Waals surface area (Å²) in [7, 11) is 0. The van der Waals surface area contributed by atoms with Crippen LogP contribution in [0.5, 0.6) is 0 Å². The van der Waals surface area contributed by atoms with Crippen molar-refractivity contribution in [2.75, 3.05) is 5.32 Å². The number of hydrogen-bond acceptors (Lipinski definition) is 6. The number of nitrogens with one attached hydrogen (secondary N) is 5. The lowest BCUT2D eigenvalue weighted by molar-refractivity contribution is -0.142. The van der Waals surface area contributed by atoms with E-state index in [4.69, 9.17) is 0 Å². The molecule has 2 bridgehead atoms. The molecule has 4 atom stereocenters. The zero-order valence-corrected chi connectivity index (χ0v) is 32.1. The molecule has 15 heteroatoms. The molecule has 5 aromatic rings. The zero-order chi connectivity index (χ0) is 42.8. The first-order valence-corrected chi connectivity index (χ1v) is 19.2. The maximum Gasteiger partial charge on any atom is 0.416 e. The summed E-state index contributed by atoms with van der Waals surface area (Å²) in [6.07, 6.45) is -5.84. The van der Waals surface area contributed by atoms with Gasteiger partial charge in [0.15, 0.2) is 0 Å². The number of fused-ring (bicyclic) bond motifs is 19. The molecule has 0 unspecified atom stereocenters. The van der Waals surface area contributed by atoms with Crippen molar-refractivity contribution in [3.8, 4) is 0 Å². The predicted octanol–water partition coefficient (Wildman–Crippen LogP) is 4.89. The van der Waals surface area contributed by atoms with Crippen molar-refractivity contribution in [3.05, 3.63) is 149 Å². The van der Waals surface area contributed by atoms with Crippen molar-refractivity contribution in [3.63, 3.8) is 0 Å². The molecule has 60 heavy (non-hydrogen) atoms. The molecule has 0 spiro atoms. The Labute approximate surface area is 342 Å². The van der Waals surface area contributed by atoms with Crippen molar-refractivity contribution in [1.29, 1.82) is 0 Å². The Morgan fingerprint density at radius 1 is 0.567 bits per heavy atom. The van der Waals surface area contributed by atoms with Crippen molar-refractivity contribution in [2.24, 2.45) is 0 Å². The highest BCUT2D eigenvalue weighted by Gasteiger charge is 2.33. The molecule has 5 aromatic carbocycles. The molecule has 0 aliphatic carbocycles. The van der Waals surface area contributed by atoms with Crippen LogP contribution in [-0.4, -0.2) is 64.8 Å². The van der Waals surface area contributed by atoms with Crippen LogP contribution in [0.1, 0.15) is 40.7 Å². The molecule has 0 radical (unpaired) electrons. The minimum Gasteiger partial charge on any atom is -0.480 e. The summed E-state index contributed by atoms with van der Waals surface area (Å²) in [5.74, 6) is -5.08. The molecule has 0 aromatic heterocycles. The number of carboxylic acids is 1. The Bertz CT molecular complexity index is 2360. The first kappa shape index (κ1) is 42.6. The van der Waals surface area contributed by atoms with Crippen LogP contribution in [0.2, 0.25) is 0 Å². The smallest absolute Gasteiger partial charge is 0.416 e. The number of amides is 5. The Morgan fingerprint density at radius 2 is 1.08 bits per heavy atom. The molecule has 7 rings (SSSR count). The maximum atomic E-state index is 14.3. The van der Waals surface area contributed by atoms with Crippen LogP contribution in [0.4, 0.5) is 18.9 Å².